The first-order valence-corrected chi connectivity index (χ1v) is 3.12. The summed E-state index contributed by atoms with van der Waals surface area (Å²) in [7, 11) is 0. The Labute approximate surface area is 58.6 Å². The summed E-state index contributed by atoms with van der Waals surface area (Å²) < 4.78 is 0. The van der Waals surface area contributed by atoms with E-state index in [4.69, 9.17) is 11.6 Å². The molecule has 48 valence electrons. The smallest absolute Gasteiger partial charge is 0.129 e. The van der Waals surface area contributed by atoms with Gasteiger partial charge < -0.3 is 4.98 Å². The molecule has 3 heteroatoms. The Balaban J connectivity index is 2.86. The molecule has 0 amide bonds. The molecule has 1 aromatic rings. The van der Waals surface area contributed by atoms with Gasteiger partial charge in [-0.05, 0) is 6.08 Å². The summed E-state index contributed by atoms with van der Waals surface area (Å²) in [5, 5.41) is 0. The van der Waals surface area contributed by atoms with Crippen LogP contribution in [-0.4, -0.2) is 9.97 Å². The second-order valence-electron chi connectivity index (χ2n) is 1.63. The number of H-pyrrole nitrogens is 1. The molecule has 0 fully saturated rings. The fourth-order valence-corrected chi connectivity index (χ4v) is 0.684. The van der Waals surface area contributed by atoms with Gasteiger partial charge in [-0.25, -0.2) is 4.98 Å². The molecule has 9 heavy (non-hydrogen) atoms. The number of aromatic amines is 1. The Hall–Kier alpha value is -0.760. The average Bonchev–Trinajstić information content (AvgIpc) is 2.34. The van der Waals surface area contributed by atoms with Gasteiger partial charge in [0.1, 0.15) is 5.82 Å². The van der Waals surface area contributed by atoms with Crippen molar-refractivity contribution in [2.24, 2.45) is 0 Å². The van der Waals surface area contributed by atoms with Crippen LogP contribution in [0.3, 0.4) is 0 Å². The van der Waals surface area contributed by atoms with Crippen LogP contribution < -0.4 is 0 Å². The van der Waals surface area contributed by atoms with Crippen LogP contribution >= 0.6 is 11.6 Å². The number of hydrogen-bond donors (Lipinski definition) is 1. The van der Waals surface area contributed by atoms with Crippen LogP contribution in [0.15, 0.2) is 12.8 Å². The monoisotopic (exact) mass is 142 g/mol. The maximum absolute atomic E-state index is 5.49. The zero-order valence-electron chi connectivity index (χ0n) is 4.89. The molecule has 0 aromatic carbocycles. The molecule has 1 aromatic heterocycles. The fourth-order valence-electron chi connectivity index (χ4n) is 0.548. The Bertz CT molecular complexity index is 205. The van der Waals surface area contributed by atoms with Crippen molar-refractivity contribution < 1.29 is 0 Å². The van der Waals surface area contributed by atoms with E-state index in [9.17, 15) is 0 Å². The lowest BCUT2D eigenvalue weighted by Crippen LogP contribution is -1.75. The molecule has 0 unspecified atom stereocenters. The van der Waals surface area contributed by atoms with Gasteiger partial charge in [-0.2, -0.15) is 0 Å². The number of hydrogen-bond acceptors (Lipinski definition) is 1. The molecule has 0 saturated carbocycles. The van der Waals surface area contributed by atoms with Crippen LogP contribution in [-0.2, 0) is 5.88 Å². The molecule has 0 bridgehead atoms. The third-order valence-electron chi connectivity index (χ3n) is 0.985. The Kier molecular flexibility index (Phi) is 1.90. The van der Waals surface area contributed by atoms with E-state index in [0.717, 1.165) is 11.5 Å². The maximum Gasteiger partial charge on any atom is 0.129 e. The second-order valence-corrected chi connectivity index (χ2v) is 1.90. The van der Waals surface area contributed by atoms with E-state index in [1.807, 2.05) is 0 Å². The molecule has 0 aliphatic carbocycles. The van der Waals surface area contributed by atoms with Crippen molar-refractivity contribution in [3.63, 3.8) is 0 Å². The largest absolute Gasteiger partial charge is 0.341 e. The highest BCUT2D eigenvalue weighted by atomic mass is 35.5. The lowest BCUT2D eigenvalue weighted by molar-refractivity contribution is 1.20. The highest BCUT2D eigenvalue weighted by Crippen LogP contribution is 2.00. The molecule has 0 aliphatic rings. The van der Waals surface area contributed by atoms with E-state index in [2.05, 4.69) is 16.5 Å². The standard InChI is InChI=1S/C6H7ClN2/c1-2-6-8-4-5(3-7)9-6/h2,4H,1,3H2,(H,8,9). The molecule has 0 atom stereocenters. The predicted molar refractivity (Wildman–Crippen MR) is 38.2 cm³/mol. The van der Waals surface area contributed by atoms with Crippen molar-refractivity contribution >= 4 is 17.7 Å². The van der Waals surface area contributed by atoms with Gasteiger partial charge in [-0.1, -0.05) is 6.58 Å². The SMILES string of the molecule is C=Cc1ncc(CCl)[nH]1. The Morgan fingerprint density at radius 2 is 2.67 bits per heavy atom. The maximum atomic E-state index is 5.49. The van der Waals surface area contributed by atoms with Gasteiger partial charge in [0.2, 0.25) is 0 Å². The quantitative estimate of drug-likeness (QED) is 0.627. The molecule has 0 saturated heterocycles. The Morgan fingerprint density at radius 3 is 3.00 bits per heavy atom. The fraction of sp³-hybridized carbons (Fsp3) is 0.167. The normalized spacial score (nSPS) is 9.44. The van der Waals surface area contributed by atoms with Crippen molar-refractivity contribution in [2.75, 3.05) is 0 Å². The number of alkyl halides is 1. The van der Waals surface area contributed by atoms with E-state index >= 15 is 0 Å². The summed E-state index contributed by atoms with van der Waals surface area (Å²) >= 11 is 5.49. The number of nitrogens with zero attached hydrogens (tertiary/aromatic N) is 1. The van der Waals surface area contributed by atoms with Crippen molar-refractivity contribution in [3.05, 3.63) is 24.3 Å². The zero-order valence-corrected chi connectivity index (χ0v) is 5.65. The van der Waals surface area contributed by atoms with Crippen LogP contribution in [0.2, 0.25) is 0 Å². The van der Waals surface area contributed by atoms with Crippen LogP contribution in [0.4, 0.5) is 0 Å². The summed E-state index contributed by atoms with van der Waals surface area (Å²) in [4.78, 5) is 6.90. The molecule has 1 rings (SSSR count). The van der Waals surface area contributed by atoms with E-state index in [0.29, 0.717) is 5.88 Å². The number of aromatic nitrogens is 2. The van der Waals surface area contributed by atoms with Gasteiger partial charge in [-0.15, -0.1) is 11.6 Å². The van der Waals surface area contributed by atoms with Crippen LogP contribution in [0.5, 0.6) is 0 Å². The topological polar surface area (TPSA) is 28.7 Å². The van der Waals surface area contributed by atoms with Gasteiger partial charge in [0.05, 0.1) is 5.88 Å². The molecule has 0 radical (unpaired) electrons. The van der Waals surface area contributed by atoms with Crippen molar-refractivity contribution in [2.45, 2.75) is 5.88 Å². The van der Waals surface area contributed by atoms with Crippen LogP contribution in [0.25, 0.3) is 6.08 Å². The third kappa shape index (κ3) is 1.33. The second kappa shape index (κ2) is 2.69. The number of rotatable bonds is 2. The van der Waals surface area contributed by atoms with Crippen molar-refractivity contribution in [1.29, 1.82) is 0 Å². The van der Waals surface area contributed by atoms with Gasteiger partial charge in [0, 0.05) is 11.9 Å². The minimum Gasteiger partial charge on any atom is -0.341 e. The summed E-state index contributed by atoms with van der Waals surface area (Å²) in [5.41, 5.74) is 0.923. The average molecular weight is 143 g/mol. The first-order chi connectivity index (χ1) is 4.36. The molecular formula is C6H7ClN2. The molecular weight excluding hydrogens is 136 g/mol. The van der Waals surface area contributed by atoms with Gasteiger partial charge in [-0.3, -0.25) is 0 Å². The molecule has 2 nitrogen and oxygen atoms in total. The number of halogens is 1. The first-order valence-electron chi connectivity index (χ1n) is 2.59. The lowest BCUT2D eigenvalue weighted by atomic mass is 10.6. The van der Waals surface area contributed by atoms with E-state index in [1.54, 1.807) is 12.3 Å². The highest BCUT2D eigenvalue weighted by Gasteiger charge is 1.92. The number of nitrogens with one attached hydrogen (secondary N) is 1. The first kappa shape index (κ1) is 6.36. The summed E-state index contributed by atoms with van der Waals surface area (Å²) in [6.45, 7) is 3.54. The molecule has 1 N–H and O–H groups in total. The minimum absolute atomic E-state index is 0.473. The highest BCUT2D eigenvalue weighted by molar-refractivity contribution is 6.16. The van der Waals surface area contributed by atoms with Gasteiger partial charge >= 0.3 is 0 Å². The van der Waals surface area contributed by atoms with Crippen LogP contribution in [0, 0.1) is 0 Å². The predicted octanol–water partition coefficient (Wildman–Crippen LogP) is 1.79. The van der Waals surface area contributed by atoms with Crippen molar-refractivity contribution in [3.8, 4) is 0 Å². The van der Waals surface area contributed by atoms with Gasteiger partial charge in [0.25, 0.3) is 0 Å². The molecule has 1 heterocycles. The Morgan fingerprint density at radius 1 is 1.89 bits per heavy atom. The van der Waals surface area contributed by atoms with E-state index in [1.165, 1.54) is 0 Å². The van der Waals surface area contributed by atoms with E-state index in [-0.39, 0.29) is 0 Å². The van der Waals surface area contributed by atoms with Crippen molar-refractivity contribution in [1.82, 2.24) is 9.97 Å². The third-order valence-corrected chi connectivity index (χ3v) is 1.27. The van der Waals surface area contributed by atoms with E-state index < -0.39 is 0 Å². The minimum atomic E-state index is 0.473. The summed E-state index contributed by atoms with van der Waals surface area (Å²) in [5.74, 6) is 1.24. The van der Waals surface area contributed by atoms with Crippen LogP contribution in [0.1, 0.15) is 11.5 Å². The molecule has 0 aliphatic heterocycles. The number of imidazole rings is 1. The zero-order chi connectivity index (χ0) is 6.69. The lowest BCUT2D eigenvalue weighted by Gasteiger charge is -1.81. The molecule has 0 spiro atoms. The summed E-state index contributed by atoms with van der Waals surface area (Å²) in [6, 6.07) is 0. The summed E-state index contributed by atoms with van der Waals surface area (Å²) in [6.07, 6.45) is 3.35. The van der Waals surface area contributed by atoms with Gasteiger partial charge in [0.15, 0.2) is 0 Å².